The number of aryl methyl sites for hydroxylation is 1. The molecule has 0 bridgehead atoms. The van der Waals surface area contributed by atoms with Crippen molar-refractivity contribution in [3.8, 4) is 17.2 Å². The van der Waals surface area contributed by atoms with E-state index in [1.54, 1.807) is 25.1 Å². The van der Waals surface area contributed by atoms with Gasteiger partial charge in [0.05, 0.1) is 30.9 Å². The number of esters is 1. The zero-order chi connectivity index (χ0) is 24.5. The average Bonchev–Trinajstić information content (AvgIpc) is 2.77. The summed E-state index contributed by atoms with van der Waals surface area (Å²) >= 11 is 6.23. The summed E-state index contributed by atoms with van der Waals surface area (Å²) in [6.45, 7) is 5.70. The normalized spacial score (nSPS) is 10.5. The van der Waals surface area contributed by atoms with Gasteiger partial charge < -0.3 is 24.6 Å². The third kappa shape index (κ3) is 6.86. The maximum Gasteiger partial charge on any atom is 0.396 e. The van der Waals surface area contributed by atoms with E-state index in [1.807, 2.05) is 6.92 Å². The summed E-state index contributed by atoms with van der Waals surface area (Å²) in [6.07, 6.45) is 1.88. The number of carbonyl (C=O) groups excluding carboxylic acids is 3. The van der Waals surface area contributed by atoms with Gasteiger partial charge in [-0.1, -0.05) is 24.9 Å². The highest BCUT2D eigenvalue weighted by Gasteiger charge is 2.17. The topological polar surface area (TPSA) is 111 Å². The molecule has 1 amide bonds. The number of hydrogen-bond donors (Lipinski definition) is 2. The molecule has 0 aromatic heterocycles. The van der Waals surface area contributed by atoms with E-state index in [4.69, 9.17) is 21.1 Å². The molecule has 178 valence electrons. The second-order valence-corrected chi connectivity index (χ2v) is 7.75. The van der Waals surface area contributed by atoms with Gasteiger partial charge in [0.25, 0.3) is 0 Å². The largest absolute Gasteiger partial charge is 0.507 e. The number of amides is 1. The second kappa shape index (κ2) is 12.1. The summed E-state index contributed by atoms with van der Waals surface area (Å²) in [5.41, 5.74) is 1.92. The van der Waals surface area contributed by atoms with Crippen LogP contribution in [0, 0.1) is 6.92 Å². The summed E-state index contributed by atoms with van der Waals surface area (Å²) in [6, 6.07) is 6.40. The van der Waals surface area contributed by atoms with Crippen LogP contribution < -0.4 is 14.8 Å². The Labute approximate surface area is 197 Å². The quantitative estimate of drug-likeness (QED) is 0.225. The van der Waals surface area contributed by atoms with Gasteiger partial charge in [0.2, 0.25) is 0 Å². The van der Waals surface area contributed by atoms with E-state index in [0.717, 1.165) is 13.5 Å². The molecule has 0 spiro atoms. The molecule has 0 aliphatic rings. The fraction of sp³-hybridized carbons (Fsp3) is 0.375. The van der Waals surface area contributed by atoms with Crippen molar-refractivity contribution in [2.24, 2.45) is 0 Å². The van der Waals surface area contributed by atoms with Crippen molar-refractivity contribution in [1.82, 2.24) is 0 Å². The minimum atomic E-state index is -1.01. The lowest BCUT2D eigenvalue weighted by Gasteiger charge is -2.15. The third-order valence-electron chi connectivity index (χ3n) is 4.82. The molecule has 9 heteroatoms. The van der Waals surface area contributed by atoms with Crippen LogP contribution in [0.4, 0.5) is 5.69 Å². The van der Waals surface area contributed by atoms with E-state index < -0.39 is 11.9 Å². The Balaban J connectivity index is 1.98. The standard InChI is InChI=1S/C24H28ClNO7/c1-5-7-17-20(9-8-16(15(3)27)22(17)28)32-10-6-11-33-21-13-19(14(2)12-18(21)25)26-23(29)24(30)31-4/h8-9,12-13,28H,5-7,10-11H2,1-4H3,(H,26,29). The third-order valence-corrected chi connectivity index (χ3v) is 5.12. The molecule has 2 aromatic rings. The van der Waals surface area contributed by atoms with Gasteiger partial charge in [0.1, 0.15) is 17.2 Å². The first kappa shape index (κ1) is 26.0. The number of halogens is 1. The van der Waals surface area contributed by atoms with Crippen LogP contribution in [0.15, 0.2) is 24.3 Å². The van der Waals surface area contributed by atoms with E-state index in [1.165, 1.54) is 13.0 Å². The van der Waals surface area contributed by atoms with Gasteiger partial charge in [0, 0.05) is 23.7 Å². The number of benzene rings is 2. The summed E-state index contributed by atoms with van der Waals surface area (Å²) in [7, 11) is 1.12. The van der Waals surface area contributed by atoms with Crippen LogP contribution in [0.5, 0.6) is 17.2 Å². The average molecular weight is 478 g/mol. The number of nitrogens with one attached hydrogen (secondary N) is 1. The van der Waals surface area contributed by atoms with Crippen molar-refractivity contribution >= 4 is 34.9 Å². The van der Waals surface area contributed by atoms with E-state index in [9.17, 15) is 19.5 Å². The number of ketones is 1. The van der Waals surface area contributed by atoms with Crippen molar-refractivity contribution in [3.05, 3.63) is 46.0 Å². The van der Waals surface area contributed by atoms with Gasteiger partial charge in [-0.2, -0.15) is 0 Å². The maximum absolute atomic E-state index is 11.8. The van der Waals surface area contributed by atoms with Crippen LogP contribution in [0.2, 0.25) is 5.02 Å². The molecule has 0 aliphatic heterocycles. The summed E-state index contributed by atoms with van der Waals surface area (Å²) in [5, 5.41) is 13.2. The smallest absolute Gasteiger partial charge is 0.396 e. The van der Waals surface area contributed by atoms with Crippen molar-refractivity contribution in [3.63, 3.8) is 0 Å². The first-order valence-corrected chi connectivity index (χ1v) is 10.9. The van der Waals surface area contributed by atoms with E-state index in [-0.39, 0.29) is 23.7 Å². The van der Waals surface area contributed by atoms with Gasteiger partial charge in [-0.05, 0) is 44.0 Å². The molecule has 0 radical (unpaired) electrons. The first-order chi connectivity index (χ1) is 15.7. The maximum atomic E-state index is 11.8. The molecule has 0 saturated carbocycles. The molecular weight excluding hydrogens is 450 g/mol. The highest BCUT2D eigenvalue weighted by atomic mass is 35.5. The Hall–Kier alpha value is -3.26. The second-order valence-electron chi connectivity index (χ2n) is 7.34. The number of aromatic hydroxyl groups is 1. The molecule has 0 heterocycles. The van der Waals surface area contributed by atoms with Crippen LogP contribution in [-0.4, -0.2) is 43.1 Å². The Kier molecular flexibility index (Phi) is 9.54. The Morgan fingerprint density at radius 2 is 1.76 bits per heavy atom. The summed E-state index contributed by atoms with van der Waals surface area (Å²) in [5.74, 6) is -1.27. The molecule has 0 saturated heterocycles. The molecule has 33 heavy (non-hydrogen) atoms. The van der Waals surface area contributed by atoms with Crippen molar-refractivity contribution in [2.45, 2.75) is 40.0 Å². The number of phenols is 1. The van der Waals surface area contributed by atoms with Crippen LogP contribution in [0.3, 0.4) is 0 Å². The molecule has 2 N–H and O–H groups in total. The highest BCUT2D eigenvalue weighted by molar-refractivity contribution is 6.37. The fourth-order valence-electron chi connectivity index (χ4n) is 3.12. The van der Waals surface area contributed by atoms with E-state index in [2.05, 4.69) is 10.1 Å². The van der Waals surface area contributed by atoms with Crippen LogP contribution in [0.1, 0.15) is 48.2 Å². The lowest BCUT2D eigenvalue weighted by atomic mass is 10.0. The zero-order valence-electron chi connectivity index (χ0n) is 19.1. The number of Topliss-reactive ketones (excluding diaryl/α,β-unsaturated/α-hetero) is 1. The Morgan fingerprint density at radius 3 is 2.36 bits per heavy atom. The molecule has 2 rings (SSSR count). The number of anilines is 1. The van der Waals surface area contributed by atoms with Gasteiger partial charge in [-0.25, -0.2) is 4.79 Å². The van der Waals surface area contributed by atoms with Crippen LogP contribution in [-0.2, 0) is 20.7 Å². The number of carbonyl (C=O) groups is 3. The number of phenolic OH excluding ortho intramolecular Hbond substituents is 1. The summed E-state index contributed by atoms with van der Waals surface area (Å²) < 4.78 is 15.9. The molecule has 0 fully saturated rings. The number of methoxy groups -OCH3 is 1. The number of rotatable bonds is 10. The Bertz CT molecular complexity index is 1040. The van der Waals surface area contributed by atoms with E-state index in [0.29, 0.717) is 52.8 Å². The minimum absolute atomic E-state index is 0.0360. The van der Waals surface area contributed by atoms with Gasteiger partial charge >= 0.3 is 11.9 Å². The molecule has 0 atom stereocenters. The predicted octanol–water partition coefficient (Wildman–Crippen LogP) is 4.47. The van der Waals surface area contributed by atoms with E-state index >= 15 is 0 Å². The lowest BCUT2D eigenvalue weighted by molar-refractivity contribution is -0.150. The van der Waals surface area contributed by atoms with Crippen molar-refractivity contribution in [1.29, 1.82) is 0 Å². The zero-order valence-corrected chi connectivity index (χ0v) is 19.9. The number of hydrogen-bond acceptors (Lipinski definition) is 7. The monoisotopic (exact) mass is 477 g/mol. The summed E-state index contributed by atoms with van der Waals surface area (Å²) in [4.78, 5) is 34.8. The highest BCUT2D eigenvalue weighted by Crippen LogP contribution is 2.33. The van der Waals surface area contributed by atoms with Gasteiger partial charge in [-0.3, -0.25) is 9.59 Å². The minimum Gasteiger partial charge on any atom is -0.507 e. The molecule has 0 unspecified atom stereocenters. The van der Waals surface area contributed by atoms with Crippen molar-refractivity contribution in [2.75, 3.05) is 25.6 Å². The van der Waals surface area contributed by atoms with Crippen LogP contribution >= 0.6 is 11.6 Å². The van der Waals surface area contributed by atoms with Crippen molar-refractivity contribution < 1.29 is 33.7 Å². The van der Waals surface area contributed by atoms with Gasteiger partial charge in [0.15, 0.2) is 5.78 Å². The number of ether oxygens (including phenoxy) is 3. The fourth-order valence-corrected chi connectivity index (χ4v) is 3.39. The molecular formula is C24H28ClNO7. The molecule has 0 aliphatic carbocycles. The van der Waals surface area contributed by atoms with Gasteiger partial charge in [-0.15, -0.1) is 0 Å². The lowest BCUT2D eigenvalue weighted by Crippen LogP contribution is -2.24. The first-order valence-electron chi connectivity index (χ1n) is 10.5. The van der Waals surface area contributed by atoms with Crippen LogP contribution in [0.25, 0.3) is 0 Å². The predicted molar refractivity (Wildman–Crippen MR) is 125 cm³/mol. The Morgan fingerprint density at radius 1 is 1.09 bits per heavy atom. The molecule has 2 aromatic carbocycles. The molecule has 8 nitrogen and oxygen atoms in total. The SMILES string of the molecule is CCCc1c(OCCCOc2cc(NC(=O)C(=O)OC)c(C)cc2Cl)ccc(C(C)=O)c1O.